The van der Waals surface area contributed by atoms with Gasteiger partial charge in [0.15, 0.2) is 5.82 Å². The van der Waals surface area contributed by atoms with Crippen LogP contribution in [0.25, 0.3) is 16.9 Å². The molecule has 0 bridgehead atoms. The van der Waals surface area contributed by atoms with Crippen molar-refractivity contribution in [1.29, 1.82) is 0 Å². The minimum atomic E-state index is -2.59. The van der Waals surface area contributed by atoms with Crippen LogP contribution in [-0.4, -0.2) is 25.0 Å². The van der Waals surface area contributed by atoms with Crippen molar-refractivity contribution < 1.29 is 4.39 Å². The molecule has 2 heterocycles. The molecule has 0 fully saturated rings. The molecular formula is C28H20FN6P. The first kappa shape index (κ1) is 22.0. The van der Waals surface area contributed by atoms with Gasteiger partial charge in [0.25, 0.3) is 0 Å². The molecule has 0 radical (unpaired) electrons. The van der Waals surface area contributed by atoms with Crippen molar-refractivity contribution in [3.63, 3.8) is 0 Å². The number of hydrogen-bond acceptors (Lipinski definition) is 5. The molecule has 174 valence electrons. The van der Waals surface area contributed by atoms with E-state index in [-0.39, 0.29) is 5.82 Å². The van der Waals surface area contributed by atoms with Gasteiger partial charge in [0.2, 0.25) is 5.82 Å². The number of hydrogen-bond donors (Lipinski definition) is 0. The van der Waals surface area contributed by atoms with Gasteiger partial charge in [-0.1, -0.05) is 96.2 Å². The van der Waals surface area contributed by atoms with E-state index in [2.05, 4.69) is 56.7 Å². The Balaban J connectivity index is 1.72. The third-order valence-electron chi connectivity index (χ3n) is 5.90. The predicted octanol–water partition coefficient (Wildman–Crippen LogP) is 5.16. The van der Waals surface area contributed by atoms with Crippen LogP contribution in [0.4, 0.5) is 10.2 Å². The molecule has 0 N–H and O–H groups in total. The summed E-state index contributed by atoms with van der Waals surface area (Å²) in [5.74, 6) is 0.407. The minimum Gasteiger partial charge on any atom is -0.232 e. The van der Waals surface area contributed by atoms with Gasteiger partial charge in [0.1, 0.15) is 11.3 Å². The molecule has 0 aliphatic rings. The maximum Gasteiger partial charge on any atom is 0.200 e. The zero-order valence-electron chi connectivity index (χ0n) is 19.1. The Labute approximate surface area is 207 Å². The van der Waals surface area contributed by atoms with Crippen molar-refractivity contribution in [2.24, 2.45) is 4.74 Å². The average Bonchev–Trinajstić information content (AvgIpc) is 3.36. The van der Waals surface area contributed by atoms with Crippen molar-refractivity contribution in [2.45, 2.75) is 0 Å². The van der Waals surface area contributed by atoms with Gasteiger partial charge in [0, 0.05) is 34.4 Å². The molecule has 8 heteroatoms. The number of fused-ring (bicyclic) bond motifs is 1. The van der Waals surface area contributed by atoms with Crippen molar-refractivity contribution in [3.05, 3.63) is 127 Å². The Morgan fingerprint density at radius 1 is 0.667 bits per heavy atom. The van der Waals surface area contributed by atoms with Gasteiger partial charge in [0.05, 0.1) is 12.6 Å². The molecule has 2 aromatic heterocycles. The van der Waals surface area contributed by atoms with Crippen LogP contribution in [0, 0.1) is 5.82 Å². The summed E-state index contributed by atoms with van der Waals surface area (Å²) in [6, 6.07) is 35.1. The Hall–Kier alpha value is -4.48. The molecule has 6 rings (SSSR count). The largest absolute Gasteiger partial charge is 0.232 e. The molecule has 0 unspecified atom stereocenters. The highest BCUT2D eigenvalue weighted by atomic mass is 31.2. The maximum atomic E-state index is 14.1. The molecule has 36 heavy (non-hydrogen) atoms. The third kappa shape index (κ3) is 3.80. The number of halogens is 1. The highest BCUT2D eigenvalue weighted by Crippen LogP contribution is 2.49. The van der Waals surface area contributed by atoms with Gasteiger partial charge in [-0.25, -0.2) is 19.1 Å². The van der Waals surface area contributed by atoms with Crippen molar-refractivity contribution >= 4 is 39.8 Å². The summed E-state index contributed by atoms with van der Waals surface area (Å²) >= 11 is 0. The number of aromatic nitrogens is 5. The van der Waals surface area contributed by atoms with E-state index < -0.39 is 7.05 Å². The Bertz CT molecular complexity index is 1600. The van der Waals surface area contributed by atoms with Gasteiger partial charge in [-0.05, 0) is 12.1 Å². The lowest BCUT2D eigenvalue weighted by Gasteiger charge is -2.26. The van der Waals surface area contributed by atoms with E-state index in [1.165, 1.54) is 16.8 Å². The fourth-order valence-corrected chi connectivity index (χ4v) is 7.76. The van der Waals surface area contributed by atoms with Crippen molar-refractivity contribution in [2.75, 3.05) is 0 Å². The molecule has 0 aliphatic carbocycles. The second kappa shape index (κ2) is 9.29. The highest BCUT2D eigenvalue weighted by molar-refractivity contribution is 7.87. The molecule has 0 saturated heterocycles. The quantitative estimate of drug-likeness (QED) is 0.313. The lowest BCUT2D eigenvalue weighted by molar-refractivity contribution is 0.629. The second-order valence-electron chi connectivity index (χ2n) is 8.08. The van der Waals surface area contributed by atoms with Gasteiger partial charge < -0.3 is 0 Å². The molecule has 0 atom stereocenters. The van der Waals surface area contributed by atoms with Gasteiger partial charge in [-0.2, -0.15) is 4.68 Å². The summed E-state index contributed by atoms with van der Waals surface area (Å²) in [4.78, 5) is 9.21. The third-order valence-corrected chi connectivity index (χ3v) is 9.53. The Morgan fingerprint density at radius 2 is 1.22 bits per heavy atom. The molecule has 4 aromatic carbocycles. The zero-order chi connectivity index (χ0) is 24.4. The summed E-state index contributed by atoms with van der Waals surface area (Å²) in [5.41, 5.74) is 1.05. The van der Waals surface area contributed by atoms with E-state index in [9.17, 15) is 4.39 Å². The minimum absolute atomic E-state index is 0.381. The van der Waals surface area contributed by atoms with Gasteiger partial charge in [-0.3, -0.25) is 0 Å². The number of nitrogens with zero attached hydrogens (tertiary/aromatic N) is 6. The van der Waals surface area contributed by atoms with Gasteiger partial charge in [-0.15, -0.1) is 5.10 Å². The van der Waals surface area contributed by atoms with Crippen LogP contribution in [0.2, 0.25) is 0 Å². The first-order valence-electron chi connectivity index (χ1n) is 11.4. The molecular weight excluding hydrogens is 470 g/mol. The van der Waals surface area contributed by atoms with Crippen molar-refractivity contribution in [1.82, 2.24) is 25.0 Å². The summed E-state index contributed by atoms with van der Waals surface area (Å²) in [6.45, 7) is 0. The monoisotopic (exact) mass is 490 g/mol. The van der Waals surface area contributed by atoms with Gasteiger partial charge >= 0.3 is 0 Å². The van der Waals surface area contributed by atoms with Crippen LogP contribution in [-0.2, 0) is 0 Å². The Morgan fingerprint density at radius 3 is 1.81 bits per heavy atom. The molecule has 0 aliphatic heterocycles. The number of benzene rings is 4. The summed E-state index contributed by atoms with van der Waals surface area (Å²) in [6.07, 6.45) is 3.19. The van der Waals surface area contributed by atoms with Crippen LogP contribution in [0.1, 0.15) is 0 Å². The molecule has 0 spiro atoms. The van der Waals surface area contributed by atoms with E-state index in [4.69, 9.17) is 4.74 Å². The lowest BCUT2D eigenvalue weighted by Crippen LogP contribution is -2.25. The van der Waals surface area contributed by atoms with E-state index in [0.29, 0.717) is 22.7 Å². The fourth-order valence-electron chi connectivity index (χ4n) is 4.29. The fraction of sp³-hybridized carbons (Fsp3) is 0. The first-order chi connectivity index (χ1) is 17.8. The second-order valence-corrected chi connectivity index (χ2v) is 11.1. The maximum absolute atomic E-state index is 14.1. The molecule has 0 amide bonds. The van der Waals surface area contributed by atoms with E-state index >= 15 is 0 Å². The van der Waals surface area contributed by atoms with Crippen LogP contribution >= 0.6 is 7.05 Å². The molecule has 6 aromatic rings. The summed E-state index contributed by atoms with van der Waals surface area (Å²) in [5, 5.41) is 11.7. The predicted molar refractivity (Wildman–Crippen MR) is 142 cm³/mol. The number of rotatable bonds is 5. The standard InChI is InChI=1S/C28H20FN6P/c29-21-16-17-25-26(20-21)35(34-32-25)28-27(30-18-19-31-28)33-36(22-10-4-1-5-11-22,23-12-6-2-7-13-23)24-14-8-3-9-15-24/h1-20H. The smallest absolute Gasteiger partial charge is 0.200 e. The summed E-state index contributed by atoms with van der Waals surface area (Å²) < 4.78 is 21.1. The van der Waals surface area contributed by atoms with Crippen molar-refractivity contribution in [3.8, 4) is 5.82 Å². The highest BCUT2D eigenvalue weighted by Gasteiger charge is 2.28. The topological polar surface area (TPSA) is 68.8 Å². The Kier molecular flexibility index (Phi) is 5.68. The first-order valence-corrected chi connectivity index (χ1v) is 13.1. The lowest BCUT2D eigenvalue weighted by atomic mass is 10.3. The summed E-state index contributed by atoms with van der Waals surface area (Å²) in [7, 11) is -2.59. The zero-order valence-corrected chi connectivity index (χ0v) is 19.9. The molecule has 6 nitrogen and oxygen atoms in total. The SMILES string of the molecule is Fc1ccc2nnn(-c3nccnc3N=P(c3ccccc3)(c3ccccc3)c3ccccc3)c2c1. The van der Waals surface area contributed by atoms with Crippen LogP contribution in [0.5, 0.6) is 0 Å². The average molecular weight is 490 g/mol. The van der Waals surface area contributed by atoms with E-state index in [1.54, 1.807) is 18.5 Å². The van der Waals surface area contributed by atoms with Crippen LogP contribution < -0.4 is 15.9 Å². The van der Waals surface area contributed by atoms with Crippen LogP contribution in [0.15, 0.2) is 126 Å². The van der Waals surface area contributed by atoms with Crippen LogP contribution in [0.3, 0.4) is 0 Å². The van der Waals surface area contributed by atoms with E-state index in [1.807, 2.05) is 54.6 Å². The van der Waals surface area contributed by atoms with E-state index in [0.717, 1.165) is 15.9 Å². The normalized spacial score (nSPS) is 11.5. The molecule has 0 saturated carbocycles.